The van der Waals surface area contributed by atoms with Crippen molar-refractivity contribution in [3.8, 4) is 5.88 Å². The lowest BCUT2D eigenvalue weighted by Gasteiger charge is -2.12. The van der Waals surface area contributed by atoms with Crippen LogP contribution in [0.15, 0.2) is 30.7 Å². The molecule has 0 atom stereocenters. The van der Waals surface area contributed by atoms with Gasteiger partial charge in [-0.3, -0.25) is 14.5 Å². The Bertz CT molecular complexity index is 1000. The monoisotopic (exact) mass is 409 g/mol. The summed E-state index contributed by atoms with van der Waals surface area (Å²) in [4.78, 5) is 20.3. The lowest BCUT2D eigenvalue weighted by molar-refractivity contribution is -0.0242. The highest BCUT2D eigenvalue weighted by Crippen LogP contribution is 2.25. The number of ether oxygens (including phenoxy) is 1. The summed E-state index contributed by atoms with van der Waals surface area (Å²) >= 11 is 6.08. The first-order valence-corrected chi connectivity index (χ1v) is 8.90. The maximum atomic E-state index is 12.9. The number of hydrogen-bond donors (Lipinski definition) is 1. The highest BCUT2D eigenvalue weighted by molar-refractivity contribution is 6.31. The van der Waals surface area contributed by atoms with Crippen LogP contribution in [0.1, 0.15) is 29.9 Å². The summed E-state index contributed by atoms with van der Waals surface area (Å²) < 4.78 is 32.4. The number of alkyl halides is 2. The van der Waals surface area contributed by atoms with E-state index in [0.29, 0.717) is 35.2 Å². The van der Waals surface area contributed by atoms with Crippen LogP contribution >= 0.6 is 11.6 Å². The van der Waals surface area contributed by atoms with Gasteiger partial charge in [-0.05, 0) is 24.6 Å². The quantitative estimate of drug-likeness (QED) is 0.647. The average molecular weight is 410 g/mol. The second-order valence-electron chi connectivity index (χ2n) is 6.27. The van der Waals surface area contributed by atoms with Crippen molar-refractivity contribution in [1.29, 1.82) is 0 Å². The van der Waals surface area contributed by atoms with Crippen LogP contribution in [0, 0.1) is 0 Å². The molecule has 3 aromatic rings. The van der Waals surface area contributed by atoms with Gasteiger partial charge in [-0.2, -0.15) is 5.10 Å². The Balaban J connectivity index is 1.80. The molecule has 0 saturated heterocycles. The lowest BCUT2D eigenvalue weighted by Crippen LogP contribution is -2.23. The fourth-order valence-electron chi connectivity index (χ4n) is 2.54. The van der Waals surface area contributed by atoms with E-state index in [1.807, 2.05) is 6.92 Å². The molecule has 3 aromatic heterocycles. The zero-order chi connectivity index (χ0) is 20.3. The van der Waals surface area contributed by atoms with E-state index < -0.39 is 12.5 Å². The normalized spacial score (nSPS) is 11.6. The van der Waals surface area contributed by atoms with Crippen LogP contribution in [0.2, 0.25) is 5.02 Å². The molecule has 0 aromatic carbocycles. The highest BCUT2D eigenvalue weighted by Gasteiger charge is 2.23. The first-order chi connectivity index (χ1) is 13.3. The molecule has 148 valence electrons. The number of rotatable bonds is 7. The molecule has 0 aliphatic heterocycles. The molecule has 0 unspecified atom stereocenters. The molecule has 0 spiro atoms. The number of nitrogens with zero attached hydrogens (tertiary/aromatic N) is 4. The van der Waals surface area contributed by atoms with Gasteiger partial charge in [0.1, 0.15) is 10.7 Å². The molecule has 0 radical (unpaired) electrons. The van der Waals surface area contributed by atoms with Crippen molar-refractivity contribution >= 4 is 28.4 Å². The summed E-state index contributed by atoms with van der Waals surface area (Å²) in [6, 6.07) is 3.29. The average Bonchev–Trinajstić information content (AvgIpc) is 3.02. The van der Waals surface area contributed by atoms with E-state index in [0.717, 1.165) is 6.92 Å². The van der Waals surface area contributed by atoms with E-state index in [2.05, 4.69) is 20.4 Å². The number of fused-ring (bicyclic) bond motifs is 1. The largest absolute Gasteiger partial charge is 0.470 e. The standard InChI is InChI=1S/C18H18ClF2N5O2/c1-3-22-16(27)15-12-9-26(25-14(12)4-5-23-15)8-11-6-13(19)17(24-7-11)28-10-18(2,20)21/h4-7,9H,3,8,10H2,1-2H3,(H,22,27). The fraction of sp³-hybridized carbons (Fsp3) is 0.333. The molecule has 1 amide bonds. The Morgan fingerprint density at radius 3 is 2.86 bits per heavy atom. The van der Waals surface area contributed by atoms with Crippen LogP contribution in [0.5, 0.6) is 5.88 Å². The van der Waals surface area contributed by atoms with E-state index in [-0.39, 0.29) is 16.8 Å². The van der Waals surface area contributed by atoms with Crippen molar-refractivity contribution in [3.05, 3.63) is 47.0 Å². The molecule has 0 saturated carbocycles. The van der Waals surface area contributed by atoms with E-state index >= 15 is 0 Å². The second-order valence-corrected chi connectivity index (χ2v) is 6.68. The van der Waals surface area contributed by atoms with E-state index in [9.17, 15) is 13.6 Å². The number of nitrogens with one attached hydrogen (secondary N) is 1. The molecule has 0 aliphatic rings. The van der Waals surface area contributed by atoms with Gasteiger partial charge in [0.05, 0.1) is 17.4 Å². The summed E-state index contributed by atoms with van der Waals surface area (Å²) in [6.45, 7) is 2.59. The number of carbonyl (C=O) groups excluding carboxylic acids is 1. The molecule has 1 N–H and O–H groups in total. The predicted octanol–water partition coefficient (Wildman–Crippen LogP) is 3.31. The summed E-state index contributed by atoms with van der Waals surface area (Å²) in [5.74, 6) is -3.30. The van der Waals surface area contributed by atoms with Gasteiger partial charge in [-0.1, -0.05) is 11.6 Å². The molecule has 0 aliphatic carbocycles. The van der Waals surface area contributed by atoms with Gasteiger partial charge in [0.2, 0.25) is 5.88 Å². The molecule has 0 bridgehead atoms. The number of halogens is 3. The third kappa shape index (κ3) is 4.72. The van der Waals surface area contributed by atoms with Crippen LogP contribution in [0.4, 0.5) is 8.78 Å². The Labute approximate surface area is 164 Å². The molecule has 10 heteroatoms. The molecule has 3 heterocycles. The second kappa shape index (κ2) is 8.05. The van der Waals surface area contributed by atoms with Crippen LogP contribution < -0.4 is 10.1 Å². The first-order valence-electron chi connectivity index (χ1n) is 8.52. The third-order valence-electron chi connectivity index (χ3n) is 3.70. The van der Waals surface area contributed by atoms with Crippen LogP contribution in [-0.2, 0) is 6.54 Å². The van der Waals surface area contributed by atoms with E-state index in [1.165, 1.54) is 12.4 Å². The van der Waals surface area contributed by atoms with Crippen molar-refractivity contribution in [1.82, 2.24) is 25.1 Å². The molecule has 0 fully saturated rings. The van der Waals surface area contributed by atoms with Crippen molar-refractivity contribution in [2.24, 2.45) is 0 Å². The first kappa shape index (κ1) is 19.9. The van der Waals surface area contributed by atoms with Crippen molar-refractivity contribution in [2.75, 3.05) is 13.2 Å². The van der Waals surface area contributed by atoms with Crippen molar-refractivity contribution in [3.63, 3.8) is 0 Å². The van der Waals surface area contributed by atoms with Crippen molar-refractivity contribution in [2.45, 2.75) is 26.3 Å². The summed E-state index contributed by atoms with van der Waals surface area (Å²) in [6.07, 6.45) is 4.71. The molecular weight excluding hydrogens is 392 g/mol. The van der Waals surface area contributed by atoms with E-state index in [4.69, 9.17) is 16.3 Å². The minimum atomic E-state index is -2.98. The Hall–Kier alpha value is -2.81. The predicted molar refractivity (Wildman–Crippen MR) is 100 cm³/mol. The number of amides is 1. The smallest absolute Gasteiger partial charge is 0.278 e. The number of carbonyl (C=O) groups is 1. The maximum absolute atomic E-state index is 12.9. The van der Waals surface area contributed by atoms with Gasteiger partial charge < -0.3 is 10.1 Å². The number of aromatic nitrogens is 4. The summed E-state index contributed by atoms with van der Waals surface area (Å²) in [5.41, 5.74) is 1.62. The fourth-order valence-corrected chi connectivity index (χ4v) is 2.78. The van der Waals surface area contributed by atoms with Gasteiger partial charge in [0.15, 0.2) is 6.61 Å². The molecule has 7 nitrogen and oxygen atoms in total. The lowest BCUT2D eigenvalue weighted by atomic mass is 10.2. The minimum Gasteiger partial charge on any atom is -0.470 e. The van der Waals surface area contributed by atoms with Gasteiger partial charge in [-0.15, -0.1) is 0 Å². The van der Waals surface area contributed by atoms with E-state index in [1.54, 1.807) is 23.0 Å². The third-order valence-corrected chi connectivity index (χ3v) is 3.98. The zero-order valence-electron chi connectivity index (χ0n) is 15.2. The van der Waals surface area contributed by atoms with Crippen LogP contribution in [0.3, 0.4) is 0 Å². The maximum Gasteiger partial charge on any atom is 0.278 e. The SMILES string of the molecule is CCNC(=O)c1nccc2nn(Cc3cnc(OCC(C)(F)F)c(Cl)c3)cc12. The number of hydrogen-bond acceptors (Lipinski definition) is 5. The highest BCUT2D eigenvalue weighted by atomic mass is 35.5. The summed E-state index contributed by atoms with van der Waals surface area (Å²) in [5, 5.41) is 7.89. The van der Waals surface area contributed by atoms with Crippen molar-refractivity contribution < 1.29 is 18.3 Å². The van der Waals surface area contributed by atoms with Crippen LogP contribution in [-0.4, -0.2) is 44.7 Å². The Kier molecular flexibility index (Phi) is 5.73. The van der Waals surface area contributed by atoms with Gasteiger partial charge in [-0.25, -0.2) is 13.8 Å². The number of pyridine rings is 2. The minimum absolute atomic E-state index is 0.0553. The molecule has 3 rings (SSSR count). The topological polar surface area (TPSA) is 81.9 Å². The van der Waals surface area contributed by atoms with Gasteiger partial charge in [0.25, 0.3) is 11.8 Å². The molecular formula is C18H18ClF2N5O2. The zero-order valence-corrected chi connectivity index (χ0v) is 16.0. The Morgan fingerprint density at radius 2 is 2.18 bits per heavy atom. The van der Waals surface area contributed by atoms with Crippen LogP contribution in [0.25, 0.3) is 10.9 Å². The van der Waals surface area contributed by atoms with Gasteiger partial charge in [0, 0.05) is 32.1 Å². The molecule has 28 heavy (non-hydrogen) atoms. The van der Waals surface area contributed by atoms with Gasteiger partial charge >= 0.3 is 0 Å². The summed E-state index contributed by atoms with van der Waals surface area (Å²) in [7, 11) is 0. The Morgan fingerprint density at radius 1 is 1.39 bits per heavy atom.